The lowest BCUT2D eigenvalue weighted by atomic mass is 10.0. The lowest BCUT2D eigenvalue weighted by Gasteiger charge is -2.04. The number of carbonyl (C=O) groups excluding carboxylic acids is 2. The van der Waals surface area contributed by atoms with E-state index in [1.807, 2.05) is 19.1 Å². The van der Waals surface area contributed by atoms with Gasteiger partial charge < -0.3 is 4.74 Å². The molecule has 0 saturated carbocycles. The van der Waals surface area contributed by atoms with Crippen molar-refractivity contribution in [3.63, 3.8) is 0 Å². The van der Waals surface area contributed by atoms with Crippen molar-refractivity contribution in [1.29, 1.82) is 0 Å². The molecule has 0 bridgehead atoms. The van der Waals surface area contributed by atoms with Crippen LogP contribution in [0, 0.1) is 6.92 Å². The number of ether oxygens (including phenoxy) is 1. The van der Waals surface area contributed by atoms with E-state index in [0.717, 1.165) is 5.56 Å². The first-order chi connectivity index (χ1) is 9.11. The van der Waals surface area contributed by atoms with Crippen molar-refractivity contribution in [1.82, 2.24) is 0 Å². The van der Waals surface area contributed by atoms with Crippen LogP contribution in [-0.2, 0) is 4.74 Å². The van der Waals surface area contributed by atoms with Gasteiger partial charge in [0.15, 0.2) is 5.78 Å². The van der Waals surface area contributed by atoms with Gasteiger partial charge in [-0.05, 0) is 19.1 Å². The van der Waals surface area contributed by atoms with E-state index in [9.17, 15) is 9.59 Å². The predicted octanol–water partition coefficient (Wildman–Crippen LogP) is 3.01. The summed E-state index contributed by atoms with van der Waals surface area (Å²) in [5.74, 6) is -0.552. The molecule has 2 aromatic rings. The number of aryl methyl sites for hydroxylation is 1. The number of ketones is 1. The highest BCUT2D eigenvalue weighted by Gasteiger charge is 2.12. The summed E-state index contributed by atoms with van der Waals surface area (Å²) in [7, 11) is 1.32. The normalized spacial score (nSPS) is 10.0. The van der Waals surface area contributed by atoms with E-state index in [0.29, 0.717) is 16.7 Å². The van der Waals surface area contributed by atoms with Gasteiger partial charge in [0.1, 0.15) is 0 Å². The number of hydrogen-bond donors (Lipinski definition) is 0. The summed E-state index contributed by atoms with van der Waals surface area (Å²) in [6.07, 6.45) is 0. The first-order valence-electron chi connectivity index (χ1n) is 5.91. The summed E-state index contributed by atoms with van der Waals surface area (Å²) < 4.78 is 4.64. The second-order valence-electron chi connectivity index (χ2n) is 4.27. The van der Waals surface area contributed by atoms with Crippen LogP contribution >= 0.6 is 0 Å². The molecule has 3 heteroatoms. The number of hydrogen-bond acceptors (Lipinski definition) is 3. The van der Waals surface area contributed by atoms with Crippen molar-refractivity contribution >= 4 is 11.8 Å². The van der Waals surface area contributed by atoms with Gasteiger partial charge in [-0.15, -0.1) is 0 Å². The molecule has 2 rings (SSSR count). The Balaban J connectivity index is 2.34. The first-order valence-corrected chi connectivity index (χ1v) is 5.91. The minimum atomic E-state index is -0.446. The molecular weight excluding hydrogens is 240 g/mol. The van der Waals surface area contributed by atoms with Crippen LogP contribution in [0.1, 0.15) is 31.8 Å². The van der Waals surface area contributed by atoms with E-state index in [1.54, 1.807) is 36.4 Å². The summed E-state index contributed by atoms with van der Waals surface area (Å²) in [6, 6.07) is 13.9. The summed E-state index contributed by atoms with van der Waals surface area (Å²) in [6.45, 7) is 1.96. The molecule has 0 spiro atoms. The summed E-state index contributed by atoms with van der Waals surface area (Å²) in [4.78, 5) is 23.7. The van der Waals surface area contributed by atoms with Crippen LogP contribution in [-0.4, -0.2) is 18.9 Å². The zero-order valence-corrected chi connectivity index (χ0v) is 10.8. The molecule has 0 radical (unpaired) electrons. The Labute approximate surface area is 111 Å². The second-order valence-corrected chi connectivity index (χ2v) is 4.27. The van der Waals surface area contributed by atoms with E-state index < -0.39 is 5.97 Å². The van der Waals surface area contributed by atoms with Gasteiger partial charge in [-0.25, -0.2) is 4.79 Å². The third-order valence-corrected chi connectivity index (χ3v) is 2.86. The molecule has 19 heavy (non-hydrogen) atoms. The Morgan fingerprint density at radius 1 is 0.895 bits per heavy atom. The summed E-state index contributed by atoms with van der Waals surface area (Å²) in [5, 5.41) is 0. The fourth-order valence-corrected chi connectivity index (χ4v) is 1.78. The summed E-state index contributed by atoms with van der Waals surface area (Å²) in [5.41, 5.74) is 2.56. The SMILES string of the molecule is COC(=O)c1cccc(C(=O)c2ccc(C)cc2)c1. The Kier molecular flexibility index (Phi) is 3.76. The molecule has 0 atom stereocenters. The molecule has 2 aromatic carbocycles. The number of methoxy groups -OCH3 is 1. The molecule has 0 N–H and O–H groups in total. The monoisotopic (exact) mass is 254 g/mol. The van der Waals surface area contributed by atoms with Crippen LogP contribution in [0.5, 0.6) is 0 Å². The molecular formula is C16H14O3. The number of esters is 1. The maximum Gasteiger partial charge on any atom is 0.337 e. The highest BCUT2D eigenvalue weighted by molar-refractivity contribution is 6.09. The van der Waals surface area contributed by atoms with E-state index in [2.05, 4.69) is 4.74 Å². The first kappa shape index (κ1) is 13.0. The van der Waals surface area contributed by atoms with Gasteiger partial charge in [0.25, 0.3) is 0 Å². The highest BCUT2D eigenvalue weighted by atomic mass is 16.5. The van der Waals surface area contributed by atoms with E-state index >= 15 is 0 Å². The van der Waals surface area contributed by atoms with Gasteiger partial charge in [-0.2, -0.15) is 0 Å². The second kappa shape index (κ2) is 5.48. The zero-order valence-electron chi connectivity index (χ0n) is 10.8. The Morgan fingerprint density at radius 2 is 1.53 bits per heavy atom. The van der Waals surface area contributed by atoms with Gasteiger partial charge in [0.2, 0.25) is 0 Å². The predicted molar refractivity (Wildman–Crippen MR) is 72.4 cm³/mol. The minimum absolute atomic E-state index is 0.106. The average molecular weight is 254 g/mol. The lowest BCUT2D eigenvalue weighted by Crippen LogP contribution is -2.05. The maximum atomic E-state index is 12.3. The Hall–Kier alpha value is -2.42. The van der Waals surface area contributed by atoms with Gasteiger partial charge in [-0.1, -0.05) is 42.0 Å². The fraction of sp³-hybridized carbons (Fsp3) is 0.125. The van der Waals surface area contributed by atoms with E-state index in [4.69, 9.17) is 0 Å². The smallest absolute Gasteiger partial charge is 0.337 e. The van der Waals surface area contributed by atoms with Crippen LogP contribution < -0.4 is 0 Å². The Bertz CT molecular complexity index is 612. The summed E-state index contributed by atoms with van der Waals surface area (Å²) >= 11 is 0. The molecule has 0 aromatic heterocycles. The molecule has 0 aliphatic heterocycles. The van der Waals surface area contributed by atoms with Crippen LogP contribution in [0.15, 0.2) is 48.5 Å². The fourth-order valence-electron chi connectivity index (χ4n) is 1.78. The van der Waals surface area contributed by atoms with Crippen molar-refractivity contribution < 1.29 is 14.3 Å². The molecule has 96 valence electrons. The third-order valence-electron chi connectivity index (χ3n) is 2.86. The van der Waals surface area contributed by atoms with Crippen LogP contribution in [0.4, 0.5) is 0 Å². The standard InChI is InChI=1S/C16H14O3/c1-11-6-8-12(9-7-11)15(17)13-4-3-5-14(10-13)16(18)19-2/h3-10H,1-2H3. The molecule has 0 unspecified atom stereocenters. The van der Waals surface area contributed by atoms with Crippen LogP contribution in [0.3, 0.4) is 0 Å². The number of benzene rings is 2. The van der Waals surface area contributed by atoms with Gasteiger partial charge in [0.05, 0.1) is 12.7 Å². The molecule has 0 aliphatic rings. The molecule has 0 aliphatic carbocycles. The number of carbonyl (C=O) groups is 2. The molecule has 0 heterocycles. The van der Waals surface area contributed by atoms with Gasteiger partial charge in [-0.3, -0.25) is 4.79 Å². The van der Waals surface area contributed by atoms with Crippen LogP contribution in [0.25, 0.3) is 0 Å². The molecule has 0 fully saturated rings. The minimum Gasteiger partial charge on any atom is -0.465 e. The topological polar surface area (TPSA) is 43.4 Å². The van der Waals surface area contributed by atoms with Crippen molar-refractivity contribution in [3.05, 3.63) is 70.8 Å². The van der Waals surface area contributed by atoms with Crippen molar-refractivity contribution in [2.45, 2.75) is 6.92 Å². The maximum absolute atomic E-state index is 12.3. The van der Waals surface area contributed by atoms with E-state index in [1.165, 1.54) is 7.11 Å². The molecule has 3 nitrogen and oxygen atoms in total. The van der Waals surface area contributed by atoms with Crippen molar-refractivity contribution in [2.75, 3.05) is 7.11 Å². The van der Waals surface area contributed by atoms with Crippen molar-refractivity contribution in [2.24, 2.45) is 0 Å². The third kappa shape index (κ3) is 2.88. The van der Waals surface area contributed by atoms with Gasteiger partial charge >= 0.3 is 5.97 Å². The van der Waals surface area contributed by atoms with E-state index in [-0.39, 0.29) is 5.78 Å². The molecule has 0 amide bonds. The van der Waals surface area contributed by atoms with Gasteiger partial charge in [0, 0.05) is 11.1 Å². The van der Waals surface area contributed by atoms with Crippen molar-refractivity contribution in [3.8, 4) is 0 Å². The molecule has 0 saturated heterocycles. The zero-order chi connectivity index (χ0) is 13.8. The Morgan fingerprint density at radius 3 is 2.16 bits per heavy atom. The average Bonchev–Trinajstić information content (AvgIpc) is 2.46. The van der Waals surface area contributed by atoms with Crippen LogP contribution in [0.2, 0.25) is 0 Å². The number of rotatable bonds is 3. The largest absolute Gasteiger partial charge is 0.465 e. The highest BCUT2D eigenvalue weighted by Crippen LogP contribution is 2.13. The lowest BCUT2D eigenvalue weighted by molar-refractivity contribution is 0.0600. The quantitative estimate of drug-likeness (QED) is 0.624.